The van der Waals surface area contributed by atoms with Crippen LogP contribution in [0.2, 0.25) is 0 Å². The Kier molecular flexibility index (Phi) is 12.0. The van der Waals surface area contributed by atoms with Crippen molar-refractivity contribution < 1.29 is 0 Å². The Morgan fingerprint density at radius 3 is 1.31 bits per heavy atom. The fourth-order valence-corrected chi connectivity index (χ4v) is 13.4. The molecule has 0 fully saturated rings. The van der Waals surface area contributed by atoms with Crippen LogP contribution in [0.5, 0.6) is 0 Å². The van der Waals surface area contributed by atoms with Gasteiger partial charge in [-0.05, 0) is 145 Å². The second-order valence-corrected chi connectivity index (χ2v) is 23.1. The molecule has 0 bridgehead atoms. The van der Waals surface area contributed by atoms with Gasteiger partial charge in [0, 0.05) is 54.7 Å². The normalized spacial score (nSPS) is 12.8. The van der Waals surface area contributed by atoms with Crippen molar-refractivity contribution in [3.05, 3.63) is 290 Å². The van der Waals surface area contributed by atoms with Gasteiger partial charge >= 0.3 is 0 Å². The molecular weight excluding hydrogens is 1240 g/mol. The molecule has 0 amide bonds. The average molecular weight is 1280 g/mol. The highest BCUT2D eigenvalue weighted by atomic mass is 79.9. The van der Waals surface area contributed by atoms with E-state index in [1.54, 1.807) is 0 Å². The summed E-state index contributed by atoms with van der Waals surface area (Å²) in [5.41, 5.74) is 14.7. The minimum Gasteiger partial charge on any atom is -0.309 e. The van der Waals surface area contributed by atoms with Gasteiger partial charge in [-0.1, -0.05) is 215 Å². The van der Waals surface area contributed by atoms with Crippen molar-refractivity contribution >= 4 is 157 Å². The number of hydrogen-bond acceptors (Lipinski definition) is 1. The van der Waals surface area contributed by atoms with Gasteiger partial charge in [0.05, 0.1) is 38.9 Å². The van der Waals surface area contributed by atoms with E-state index in [2.05, 4.69) is 271 Å². The summed E-state index contributed by atoms with van der Waals surface area (Å²) in [5.74, 6) is 0. The summed E-state index contributed by atoms with van der Waals surface area (Å²) in [6.07, 6.45) is 4.55. The van der Waals surface area contributed by atoms with Crippen LogP contribution in [-0.4, -0.2) is 9.13 Å². The first kappa shape index (κ1) is 47.1. The topological polar surface area (TPSA) is 26.9 Å². The van der Waals surface area contributed by atoms with Gasteiger partial charge in [0.1, 0.15) is 0 Å². The lowest BCUT2D eigenvalue weighted by molar-refractivity contribution is 0.725. The van der Waals surface area contributed by atoms with Gasteiger partial charge in [0.15, 0.2) is 5.43 Å². The number of para-hydroxylation sites is 6. The minimum atomic E-state index is -0.484. The van der Waals surface area contributed by atoms with E-state index in [0.717, 1.165) is 43.9 Å². The number of nitrogens with zero attached hydrogens (tertiary/aromatic N) is 2. The maximum atomic E-state index is 12.6. The van der Waals surface area contributed by atoms with Crippen molar-refractivity contribution in [1.82, 2.24) is 9.13 Å². The fraction of sp³-hybridized carbons (Fsp3) is 0.0152. The molecule has 15 rings (SSSR count). The molecule has 2 aromatic heterocycles. The van der Waals surface area contributed by atoms with E-state index in [9.17, 15) is 4.79 Å². The van der Waals surface area contributed by atoms with Gasteiger partial charge in [-0.15, -0.1) is 0 Å². The first-order valence-corrected chi connectivity index (χ1v) is 28.1. The molecule has 3 heterocycles. The zero-order valence-electron chi connectivity index (χ0n) is 39.2. The van der Waals surface area contributed by atoms with Crippen LogP contribution in [0.15, 0.2) is 252 Å². The monoisotopic (exact) mass is 1270 g/mol. The quantitative estimate of drug-likeness (QED) is 0.161. The van der Waals surface area contributed by atoms with Crippen LogP contribution < -0.4 is 5.43 Å². The van der Waals surface area contributed by atoms with E-state index in [1.165, 1.54) is 88.4 Å². The molecule has 74 heavy (non-hydrogen) atoms. The smallest absolute Gasteiger partial charge is 0.194 e. The Morgan fingerprint density at radius 2 is 0.743 bits per heavy atom. The van der Waals surface area contributed by atoms with Gasteiger partial charge in [0.25, 0.3) is 0 Å². The Labute approximate surface area is 469 Å². The third-order valence-corrected chi connectivity index (χ3v) is 17.2. The van der Waals surface area contributed by atoms with Crippen LogP contribution in [-0.2, 0) is 5.41 Å². The summed E-state index contributed by atoms with van der Waals surface area (Å²) >= 11 is 18.1. The highest BCUT2D eigenvalue weighted by molar-refractivity contribution is 9.11. The van der Waals surface area contributed by atoms with Crippen LogP contribution in [0, 0.1) is 0 Å². The number of benzene rings is 10. The predicted octanol–water partition coefficient (Wildman–Crippen LogP) is 19.9. The summed E-state index contributed by atoms with van der Waals surface area (Å²) in [4.78, 5) is 12.6. The molecule has 0 atom stereocenters. The van der Waals surface area contributed by atoms with E-state index in [1.807, 2.05) is 54.6 Å². The molecule has 13 aromatic rings. The molecule has 0 saturated heterocycles. The minimum absolute atomic E-state index is 0.0626. The Morgan fingerprint density at radius 1 is 0.324 bits per heavy atom. The van der Waals surface area contributed by atoms with Gasteiger partial charge in [0.2, 0.25) is 0 Å². The molecule has 2 aliphatic rings. The standard InChI is InChI=1S/C33H19Br2N.C18H12BrN.C15H8Br2O/c34-22-16-14-20-12-13-21-15-17-23(35)19-29(21)33(28(20)18-22)26-8-2-4-11-31(26)36-30-10-3-1-6-24(30)25-7-5-9-27(33)32(25)36;19-15-9-3-6-12-18(15)20-16-10-4-1-7-13(16)14-8-2-5-11-17(14)20;16-11-5-3-9-1-2-10-4-6-12(17)8-14(10)15(18)13(9)7-11/h1-19H;1-12H;1-8H. The fourth-order valence-electron chi connectivity index (χ4n) is 11.5. The molecule has 11 aromatic carbocycles. The number of aromatic nitrogens is 2. The van der Waals surface area contributed by atoms with Crippen LogP contribution in [0.4, 0.5) is 0 Å². The predicted molar refractivity (Wildman–Crippen MR) is 329 cm³/mol. The zero-order chi connectivity index (χ0) is 50.2. The van der Waals surface area contributed by atoms with Crippen molar-refractivity contribution in [3.63, 3.8) is 0 Å². The molecule has 354 valence electrons. The number of fused-ring (bicyclic) bond motifs is 16. The SMILES string of the molecule is Brc1ccc2c(c1)C1(c3cc(Br)ccc3C=C2)c2ccccc2-n2c3ccccc3c3cccc1c32.Brc1ccccc1-n1c2ccccc2c2ccccc21.O=c1c2cc(Br)ccc2ccc2ccc(Br)cc12. The zero-order valence-corrected chi connectivity index (χ0v) is 47.1. The summed E-state index contributed by atoms with van der Waals surface area (Å²) in [6, 6.07) is 79.0. The van der Waals surface area contributed by atoms with Crippen LogP contribution in [0.25, 0.3) is 88.7 Å². The van der Waals surface area contributed by atoms with E-state index in [0.29, 0.717) is 0 Å². The first-order valence-electron chi connectivity index (χ1n) is 24.1. The van der Waals surface area contributed by atoms with Crippen LogP contribution in [0.1, 0.15) is 33.4 Å². The number of halogens is 5. The lowest BCUT2D eigenvalue weighted by Gasteiger charge is -2.42. The van der Waals surface area contributed by atoms with Crippen molar-refractivity contribution in [2.45, 2.75) is 5.41 Å². The summed E-state index contributed by atoms with van der Waals surface area (Å²) in [6.45, 7) is 0. The van der Waals surface area contributed by atoms with Gasteiger partial charge in [-0.3, -0.25) is 4.79 Å². The third-order valence-electron chi connectivity index (χ3n) is 14.6. The van der Waals surface area contributed by atoms with Crippen LogP contribution in [0.3, 0.4) is 0 Å². The maximum absolute atomic E-state index is 12.6. The summed E-state index contributed by atoms with van der Waals surface area (Å²) in [5, 5.41) is 8.54. The van der Waals surface area contributed by atoms with Crippen molar-refractivity contribution in [2.75, 3.05) is 0 Å². The van der Waals surface area contributed by atoms with E-state index in [-0.39, 0.29) is 5.43 Å². The van der Waals surface area contributed by atoms with E-state index >= 15 is 0 Å². The molecule has 1 aliphatic carbocycles. The van der Waals surface area contributed by atoms with Crippen LogP contribution >= 0.6 is 79.6 Å². The molecule has 1 aliphatic heterocycles. The molecule has 0 unspecified atom stereocenters. The lowest BCUT2D eigenvalue weighted by atomic mass is 9.62. The molecule has 0 saturated carbocycles. The average Bonchev–Trinajstić information content (AvgIpc) is 3.86. The third kappa shape index (κ3) is 7.63. The molecule has 1 spiro atoms. The van der Waals surface area contributed by atoms with Crippen molar-refractivity contribution in [2.24, 2.45) is 0 Å². The Hall–Kier alpha value is -6.65. The highest BCUT2D eigenvalue weighted by Crippen LogP contribution is 2.57. The molecule has 8 heteroatoms. The molecule has 0 radical (unpaired) electrons. The maximum Gasteiger partial charge on any atom is 0.194 e. The lowest BCUT2D eigenvalue weighted by Crippen LogP contribution is -2.36. The molecular formula is C66H39Br5N2O. The largest absolute Gasteiger partial charge is 0.309 e. The highest BCUT2D eigenvalue weighted by Gasteiger charge is 2.47. The Balaban J connectivity index is 0.000000118. The second-order valence-electron chi connectivity index (χ2n) is 18.6. The number of rotatable bonds is 1. The van der Waals surface area contributed by atoms with Crippen molar-refractivity contribution in [1.29, 1.82) is 0 Å². The summed E-state index contributed by atoms with van der Waals surface area (Å²) in [7, 11) is 0. The Bertz CT molecular complexity index is 4370. The first-order chi connectivity index (χ1) is 36.2. The number of hydrogen-bond donors (Lipinski definition) is 0. The van der Waals surface area contributed by atoms with Gasteiger partial charge in [-0.2, -0.15) is 0 Å². The van der Waals surface area contributed by atoms with Gasteiger partial charge in [-0.25, -0.2) is 0 Å². The van der Waals surface area contributed by atoms with E-state index in [4.69, 9.17) is 0 Å². The molecule has 0 N–H and O–H groups in total. The molecule has 3 nitrogen and oxygen atoms in total. The van der Waals surface area contributed by atoms with E-state index < -0.39 is 5.41 Å². The second kappa shape index (κ2) is 18.9. The van der Waals surface area contributed by atoms with Crippen molar-refractivity contribution in [3.8, 4) is 11.4 Å². The van der Waals surface area contributed by atoms with Gasteiger partial charge < -0.3 is 9.13 Å². The summed E-state index contributed by atoms with van der Waals surface area (Å²) < 4.78 is 9.91.